The van der Waals surface area contributed by atoms with E-state index in [9.17, 15) is 4.79 Å². The first-order valence-corrected chi connectivity index (χ1v) is 7.69. The van der Waals surface area contributed by atoms with Gasteiger partial charge in [-0.1, -0.05) is 36.4 Å². The highest BCUT2D eigenvalue weighted by molar-refractivity contribution is 6.01. The van der Waals surface area contributed by atoms with Crippen LogP contribution in [0.3, 0.4) is 0 Å². The molecule has 0 bridgehead atoms. The zero-order valence-corrected chi connectivity index (χ0v) is 13.1. The summed E-state index contributed by atoms with van der Waals surface area (Å²) in [4.78, 5) is 18.5. The van der Waals surface area contributed by atoms with Gasteiger partial charge in [-0.25, -0.2) is 0 Å². The molecule has 3 rings (SSSR count). The molecule has 118 valence electrons. The lowest BCUT2D eigenvalue weighted by Crippen LogP contribution is -2.43. The van der Waals surface area contributed by atoms with Crippen molar-refractivity contribution in [2.45, 2.75) is 6.42 Å². The topological polar surface area (TPSA) is 56.7 Å². The Labute approximate surface area is 136 Å². The van der Waals surface area contributed by atoms with E-state index in [1.807, 2.05) is 42.5 Å². The summed E-state index contributed by atoms with van der Waals surface area (Å²) in [7, 11) is 1.73. The minimum Gasteiger partial charge on any atom is -0.347 e. The van der Waals surface area contributed by atoms with Gasteiger partial charge in [0.15, 0.2) is 5.96 Å². The van der Waals surface area contributed by atoms with Gasteiger partial charge in [0.1, 0.15) is 0 Å². The third-order valence-electron chi connectivity index (χ3n) is 3.82. The van der Waals surface area contributed by atoms with E-state index in [4.69, 9.17) is 0 Å². The molecule has 1 heterocycles. The Hall–Kier alpha value is -2.82. The van der Waals surface area contributed by atoms with Gasteiger partial charge in [-0.15, -0.1) is 0 Å². The Morgan fingerprint density at radius 2 is 1.87 bits per heavy atom. The Balaban J connectivity index is 1.60. The molecule has 0 aromatic heterocycles. The molecule has 5 nitrogen and oxygen atoms in total. The van der Waals surface area contributed by atoms with E-state index in [1.165, 1.54) is 5.56 Å². The zero-order valence-electron chi connectivity index (χ0n) is 13.1. The molecular formula is C18H20N4O. The molecule has 0 saturated heterocycles. The molecule has 0 spiro atoms. The lowest BCUT2D eigenvalue weighted by Gasteiger charge is -2.22. The van der Waals surface area contributed by atoms with Crippen molar-refractivity contribution in [3.05, 3.63) is 60.2 Å². The standard InChI is InChI=1S/C18H20N4O/c1-19-18(22-12-11-14-7-5-6-10-16(14)22)20-13-17(23)21-15-8-3-2-4-9-15/h2-10H,11-13H2,1H3,(H,19,20)(H,21,23). The maximum absolute atomic E-state index is 12.0. The Morgan fingerprint density at radius 1 is 1.13 bits per heavy atom. The number of amides is 1. The van der Waals surface area contributed by atoms with E-state index in [0.717, 1.165) is 30.3 Å². The van der Waals surface area contributed by atoms with E-state index in [2.05, 4.69) is 32.7 Å². The summed E-state index contributed by atoms with van der Waals surface area (Å²) in [6, 6.07) is 17.7. The Bertz CT molecular complexity index is 712. The van der Waals surface area contributed by atoms with Gasteiger partial charge >= 0.3 is 0 Å². The summed E-state index contributed by atoms with van der Waals surface area (Å²) in [6.45, 7) is 1.06. The highest BCUT2D eigenvalue weighted by Crippen LogP contribution is 2.27. The second kappa shape index (κ2) is 6.96. The molecule has 0 atom stereocenters. The predicted octanol–water partition coefficient (Wildman–Crippen LogP) is 2.26. The van der Waals surface area contributed by atoms with Crippen LogP contribution in [-0.2, 0) is 11.2 Å². The summed E-state index contributed by atoms with van der Waals surface area (Å²) >= 11 is 0. The van der Waals surface area contributed by atoms with Crippen molar-refractivity contribution in [1.82, 2.24) is 5.32 Å². The highest BCUT2D eigenvalue weighted by Gasteiger charge is 2.22. The van der Waals surface area contributed by atoms with E-state index in [1.54, 1.807) is 7.05 Å². The van der Waals surface area contributed by atoms with Gasteiger partial charge in [-0.05, 0) is 30.2 Å². The van der Waals surface area contributed by atoms with Gasteiger partial charge in [0.25, 0.3) is 0 Å². The summed E-state index contributed by atoms with van der Waals surface area (Å²) in [6.07, 6.45) is 0.993. The number of rotatable bonds is 3. The van der Waals surface area contributed by atoms with Gasteiger partial charge in [0, 0.05) is 25.0 Å². The molecule has 0 unspecified atom stereocenters. The number of nitrogens with one attached hydrogen (secondary N) is 2. The number of para-hydroxylation sites is 2. The Morgan fingerprint density at radius 3 is 2.65 bits per heavy atom. The van der Waals surface area contributed by atoms with E-state index >= 15 is 0 Å². The van der Waals surface area contributed by atoms with Gasteiger partial charge in [0.2, 0.25) is 5.91 Å². The van der Waals surface area contributed by atoms with Crippen molar-refractivity contribution >= 4 is 23.2 Å². The van der Waals surface area contributed by atoms with Crippen molar-refractivity contribution in [1.29, 1.82) is 0 Å². The van der Waals surface area contributed by atoms with Crippen LogP contribution in [0.2, 0.25) is 0 Å². The first-order chi connectivity index (χ1) is 11.3. The molecule has 2 N–H and O–H groups in total. The Kier molecular flexibility index (Phi) is 4.57. The molecule has 2 aromatic rings. The van der Waals surface area contributed by atoms with Gasteiger partial charge < -0.3 is 15.5 Å². The molecule has 0 aliphatic carbocycles. The molecule has 5 heteroatoms. The molecule has 0 fully saturated rings. The molecule has 1 amide bonds. The lowest BCUT2D eigenvalue weighted by molar-refractivity contribution is -0.115. The van der Waals surface area contributed by atoms with Crippen molar-refractivity contribution in [2.75, 3.05) is 30.4 Å². The number of guanidine groups is 1. The van der Waals surface area contributed by atoms with E-state index in [-0.39, 0.29) is 12.5 Å². The minimum absolute atomic E-state index is 0.0927. The number of fused-ring (bicyclic) bond motifs is 1. The number of carbonyl (C=O) groups excluding carboxylic acids is 1. The molecular weight excluding hydrogens is 288 g/mol. The first-order valence-electron chi connectivity index (χ1n) is 7.69. The monoisotopic (exact) mass is 308 g/mol. The smallest absolute Gasteiger partial charge is 0.243 e. The van der Waals surface area contributed by atoms with Crippen LogP contribution in [0.25, 0.3) is 0 Å². The molecule has 0 saturated carbocycles. The minimum atomic E-state index is -0.0927. The fourth-order valence-corrected chi connectivity index (χ4v) is 2.74. The van der Waals surface area contributed by atoms with E-state index in [0.29, 0.717) is 0 Å². The summed E-state index contributed by atoms with van der Waals surface area (Å²) in [5.41, 5.74) is 3.26. The van der Waals surface area contributed by atoms with Gasteiger partial charge in [-0.2, -0.15) is 0 Å². The highest BCUT2D eigenvalue weighted by atomic mass is 16.1. The van der Waals surface area contributed by atoms with Crippen molar-refractivity contribution < 1.29 is 4.79 Å². The lowest BCUT2D eigenvalue weighted by atomic mass is 10.2. The SMILES string of the molecule is CN=C(NCC(=O)Nc1ccccc1)N1CCc2ccccc21. The normalized spacial score (nSPS) is 13.6. The number of nitrogens with zero attached hydrogens (tertiary/aromatic N) is 2. The molecule has 2 aromatic carbocycles. The van der Waals surface area contributed by atoms with Crippen LogP contribution >= 0.6 is 0 Å². The summed E-state index contributed by atoms with van der Waals surface area (Å²) in [5, 5.41) is 5.99. The number of aliphatic imine (C=N–C) groups is 1. The van der Waals surface area contributed by atoms with Gasteiger partial charge in [0.05, 0.1) is 6.54 Å². The van der Waals surface area contributed by atoms with E-state index < -0.39 is 0 Å². The maximum Gasteiger partial charge on any atom is 0.243 e. The third kappa shape index (κ3) is 3.51. The predicted molar refractivity (Wildman–Crippen MR) is 93.9 cm³/mol. The average Bonchev–Trinajstić information content (AvgIpc) is 3.01. The zero-order chi connectivity index (χ0) is 16.1. The van der Waals surface area contributed by atoms with Crippen LogP contribution < -0.4 is 15.5 Å². The van der Waals surface area contributed by atoms with Crippen LogP contribution in [0.4, 0.5) is 11.4 Å². The van der Waals surface area contributed by atoms with Crippen molar-refractivity contribution in [2.24, 2.45) is 4.99 Å². The van der Waals surface area contributed by atoms with Crippen LogP contribution in [0, 0.1) is 0 Å². The quantitative estimate of drug-likeness (QED) is 0.675. The second-order valence-corrected chi connectivity index (χ2v) is 5.35. The van der Waals surface area contributed by atoms with Crippen LogP contribution in [0.15, 0.2) is 59.6 Å². The first kappa shape index (κ1) is 15.1. The van der Waals surface area contributed by atoms with Crippen molar-refractivity contribution in [3.8, 4) is 0 Å². The summed E-state index contributed by atoms with van der Waals surface area (Å²) in [5.74, 6) is 0.628. The third-order valence-corrected chi connectivity index (χ3v) is 3.82. The molecule has 0 radical (unpaired) electrons. The molecule has 1 aliphatic rings. The molecule has 1 aliphatic heterocycles. The van der Waals surface area contributed by atoms with Crippen LogP contribution in [0.1, 0.15) is 5.56 Å². The largest absolute Gasteiger partial charge is 0.347 e. The molecule has 23 heavy (non-hydrogen) atoms. The van der Waals surface area contributed by atoms with Crippen molar-refractivity contribution in [3.63, 3.8) is 0 Å². The number of anilines is 2. The fraction of sp³-hybridized carbons (Fsp3) is 0.222. The van der Waals surface area contributed by atoms with Crippen LogP contribution in [0.5, 0.6) is 0 Å². The van der Waals surface area contributed by atoms with Gasteiger partial charge in [-0.3, -0.25) is 9.79 Å². The number of benzene rings is 2. The second-order valence-electron chi connectivity index (χ2n) is 5.35. The average molecular weight is 308 g/mol. The summed E-state index contributed by atoms with van der Waals surface area (Å²) < 4.78 is 0. The number of carbonyl (C=O) groups is 1. The number of hydrogen-bond donors (Lipinski definition) is 2. The fourth-order valence-electron chi connectivity index (χ4n) is 2.74. The van der Waals surface area contributed by atoms with Crippen LogP contribution in [-0.4, -0.2) is 32.0 Å². The maximum atomic E-state index is 12.0. The number of hydrogen-bond acceptors (Lipinski definition) is 2.